The first-order valence-corrected chi connectivity index (χ1v) is 9.37. The Labute approximate surface area is 161 Å². The monoisotopic (exact) mass is 383 g/mol. The molecule has 8 nitrogen and oxygen atoms in total. The number of allylic oxidation sites excluding steroid dienone is 1. The van der Waals surface area contributed by atoms with Gasteiger partial charge in [-0.3, -0.25) is 4.99 Å². The molecule has 0 radical (unpaired) electrons. The maximum absolute atomic E-state index is 13.8. The molecule has 0 fully saturated rings. The second-order valence-corrected chi connectivity index (χ2v) is 6.46. The number of nitrogens with one attached hydrogen (secondary N) is 3. The Hall–Kier alpha value is -3.07. The highest BCUT2D eigenvalue weighted by Crippen LogP contribution is 2.23. The molecule has 28 heavy (non-hydrogen) atoms. The molecule has 4 heterocycles. The number of fused-ring (bicyclic) bond motifs is 1. The predicted molar refractivity (Wildman–Crippen MR) is 105 cm³/mol. The Morgan fingerprint density at radius 1 is 1.18 bits per heavy atom. The number of nitrogens with zero attached hydrogens (tertiary/aromatic N) is 4. The zero-order chi connectivity index (χ0) is 19.2. The van der Waals surface area contributed by atoms with E-state index in [0.29, 0.717) is 47.8 Å². The quantitative estimate of drug-likeness (QED) is 0.491. The van der Waals surface area contributed by atoms with E-state index in [1.807, 2.05) is 6.20 Å². The normalized spacial score (nSPS) is 14.2. The van der Waals surface area contributed by atoms with Gasteiger partial charge in [0.05, 0.1) is 12.2 Å². The SMILES string of the molecule is FC1=C(CNc2nccc3oc(CCNCCc4ncc[nH]4)nc23)N=CCC1. The smallest absolute Gasteiger partial charge is 0.196 e. The first-order chi connectivity index (χ1) is 13.8. The first-order valence-electron chi connectivity index (χ1n) is 9.37. The molecule has 0 amide bonds. The van der Waals surface area contributed by atoms with E-state index in [1.165, 1.54) is 0 Å². The minimum atomic E-state index is -0.177. The van der Waals surface area contributed by atoms with Gasteiger partial charge in [-0.2, -0.15) is 0 Å². The highest BCUT2D eigenvalue weighted by atomic mass is 19.1. The molecule has 9 heteroatoms. The average molecular weight is 383 g/mol. The summed E-state index contributed by atoms with van der Waals surface area (Å²) in [5.74, 6) is 1.99. The van der Waals surface area contributed by atoms with Crippen LogP contribution in [-0.2, 0) is 12.8 Å². The van der Waals surface area contributed by atoms with Crippen LogP contribution in [-0.4, -0.2) is 45.8 Å². The Morgan fingerprint density at radius 2 is 2.11 bits per heavy atom. The predicted octanol–water partition coefficient (Wildman–Crippen LogP) is 2.78. The second kappa shape index (κ2) is 8.75. The van der Waals surface area contributed by atoms with Gasteiger partial charge in [-0.25, -0.2) is 19.3 Å². The second-order valence-electron chi connectivity index (χ2n) is 6.46. The van der Waals surface area contributed by atoms with Crippen molar-refractivity contribution in [2.75, 3.05) is 25.0 Å². The molecule has 0 saturated heterocycles. The summed E-state index contributed by atoms with van der Waals surface area (Å²) in [6, 6.07) is 1.78. The minimum Gasteiger partial charge on any atom is -0.440 e. The van der Waals surface area contributed by atoms with E-state index in [9.17, 15) is 4.39 Å². The summed E-state index contributed by atoms with van der Waals surface area (Å²) in [6.45, 7) is 1.84. The van der Waals surface area contributed by atoms with Crippen molar-refractivity contribution >= 4 is 23.1 Å². The maximum Gasteiger partial charge on any atom is 0.196 e. The van der Waals surface area contributed by atoms with Crippen molar-refractivity contribution in [2.24, 2.45) is 4.99 Å². The van der Waals surface area contributed by atoms with Gasteiger partial charge in [-0.15, -0.1) is 0 Å². The summed E-state index contributed by atoms with van der Waals surface area (Å²) >= 11 is 0. The molecule has 0 saturated carbocycles. The fourth-order valence-electron chi connectivity index (χ4n) is 2.99. The molecular formula is C19H22FN7O. The molecule has 3 aromatic heterocycles. The summed E-state index contributed by atoms with van der Waals surface area (Å²) in [5.41, 5.74) is 1.72. The number of H-pyrrole nitrogens is 1. The standard InChI is InChI=1S/C19H22FN7O/c20-13-2-1-6-22-14(13)12-26-19-18-15(3-9-25-19)28-17(27-18)5-8-21-7-4-16-23-10-11-24-16/h3,6,9-11,21H,1-2,4-5,7-8,12H2,(H,23,24)(H,25,26). The van der Waals surface area contributed by atoms with Gasteiger partial charge in [0.1, 0.15) is 11.7 Å². The van der Waals surface area contributed by atoms with E-state index in [2.05, 4.69) is 35.6 Å². The number of halogens is 1. The Kier molecular flexibility index (Phi) is 5.72. The Balaban J connectivity index is 1.33. The summed E-state index contributed by atoms with van der Waals surface area (Å²) in [5, 5.41) is 6.47. The topological polar surface area (TPSA) is 104 Å². The van der Waals surface area contributed by atoms with Gasteiger partial charge in [0, 0.05) is 63.2 Å². The number of aromatic nitrogens is 4. The van der Waals surface area contributed by atoms with E-state index >= 15 is 0 Å². The molecule has 0 aromatic carbocycles. The van der Waals surface area contributed by atoms with Crippen LogP contribution < -0.4 is 10.6 Å². The molecule has 0 aliphatic carbocycles. The fourth-order valence-corrected chi connectivity index (χ4v) is 2.99. The maximum atomic E-state index is 13.8. The molecule has 0 spiro atoms. The molecular weight excluding hydrogens is 361 g/mol. The van der Waals surface area contributed by atoms with Crippen LogP contribution in [0.2, 0.25) is 0 Å². The van der Waals surface area contributed by atoms with Gasteiger partial charge < -0.3 is 20.0 Å². The number of hydrogen-bond donors (Lipinski definition) is 3. The number of rotatable bonds is 9. The van der Waals surface area contributed by atoms with Crippen LogP contribution in [0.5, 0.6) is 0 Å². The van der Waals surface area contributed by atoms with Crippen molar-refractivity contribution in [1.29, 1.82) is 0 Å². The van der Waals surface area contributed by atoms with E-state index in [4.69, 9.17) is 4.42 Å². The Bertz CT molecular complexity index is 978. The van der Waals surface area contributed by atoms with E-state index in [-0.39, 0.29) is 12.4 Å². The summed E-state index contributed by atoms with van der Waals surface area (Å²) < 4.78 is 19.6. The van der Waals surface area contributed by atoms with Gasteiger partial charge in [-0.1, -0.05) is 0 Å². The molecule has 4 rings (SSSR count). The van der Waals surface area contributed by atoms with E-state index in [0.717, 1.165) is 25.3 Å². The molecule has 0 atom stereocenters. The highest BCUT2D eigenvalue weighted by molar-refractivity contribution is 5.84. The average Bonchev–Trinajstić information content (AvgIpc) is 3.36. The van der Waals surface area contributed by atoms with Crippen LogP contribution in [0, 0.1) is 0 Å². The lowest BCUT2D eigenvalue weighted by atomic mass is 10.2. The zero-order valence-corrected chi connectivity index (χ0v) is 15.4. The van der Waals surface area contributed by atoms with E-state index < -0.39 is 0 Å². The number of oxazole rings is 1. The first kappa shape index (κ1) is 18.3. The lowest BCUT2D eigenvalue weighted by Gasteiger charge is -2.10. The highest BCUT2D eigenvalue weighted by Gasteiger charge is 2.13. The summed E-state index contributed by atoms with van der Waals surface area (Å²) in [7, 11) is 0. The molecule has 1 aliphatic heterocycles. The summed E-state index contributed by atoms with van der Waals surface area (Å²) in [6.07, 6.45) is 9.50. The number of hydrogen-bond acceptors (Lipinski definition) is 7. The van der Waals surface area contributed by atoms with Gasteiger partial charge in [0.15, 0.2) is 22.8 Å². The number of aromatic amines is 1. The van der Waals surface area contributed by atoms with Crippen molar-refractivity contribution in [1.82, 2.24) is 25.3 Å². The van der Waals surface area contributed by atoms with E-state index in [1.54, 1.807) is 24.7 Å². The molecule has 3 aromatic rings. The molecule has 0 bridgehead atoms. The van der Waals surface area contributed by atoms with Crippen LogP contribution in [0.25, 0.3) is 11.1 Å². The molecule has 1 aliphatic rings. The Morgan fingerprint density at radius 3 is 2.96 bits per heavy atom. The third-order valence-electron chi connectivity index (χ3n) is 4.44. The largest absolute Gasteiger partial charge is 0.440 e. The van der Waals surface area contributed by atoms with Crippen LogP contribution in [0.1, 0.15) is 24.6 Å². The van der Waals surface area contributed by atoms with Crippen molar-refractivity contribution in [3.05, 3.63) is 47.9 Å². The summed E-state index contributed by atoms with van der Waals surface area (Å²) in [4.78, 5) is 20.2. The zero-order valence-electron chi connectivity index (χ0n) is 15.4. The lowest BCUT2D eigenvalue weighted by Crippen LogP contribution is -2.20. The van der Waals surface area contributed by atoms with Crippen molar-refractivity contribution < 1.29 is 8.81 Å². The minimum absolute atomic E-state index is 0.177. The number of aliphatic imine (C=N–C) groups is 1. The van der Waals surface area contributed by atoms with Gasteiger partial charge in [0.2, 0.25) is 0 Å². The van der Waals surface area contributed by atoms with Crippen molar-refractivity contribution in [2.45, 2.75) is 25.7 Å². The van der Waals surface area contributed by atoms with Gasteiger partial charge in [-0.05, 0) is 6.42 Å². The third kappa shape index (κ3) is 4.42. The van der Waals surface area contributed by atoms with Crippen molar-refractivity contribution in [3.8, 4) is 0 Å². The molecule has 3 N–H and O–H groups in total. The fraction of sp³-hybridized carbons (Fsp3) is 0.368. The number of anilines is 1. The molecule has 146 valence electrons. The van der Waals surface area contributed by atoms with Crippen LogP contribution in [0.4, 0.5) is 10.2 Å². The van der Waals surface area contributed by atoms with Gasteiger partial charge in [0.25, 0.3) is 0 Å². The third-order valence-corrected chi connectivity index (χ3v) is 4.44. The number of pyridine rings is 1. The number of imidazole rings is 1. The van der Waals surface area contributed by atoms with Crippen LogP contribution in [0.3, 0.4) is 0 Å². The molecule has 0 unspecified atom stereocenters. The van der Waals surface area contributed by atoms with Crippen LogP contribution >= 0.6 is 0 Å². The van der Waals surface area contributed by atoms with Crippen molar-refractivity contribution in [3.63, 3.8) is 0 Å². The van der Waals surface area contributed by atoms with Gasteiger partial charge >= 0.3 is 0 Å². The van der Waals surface area contributed by atoms with Crippen LogP contribution in [0.15, 0.2) is 45.6 Å². The lowest BCUT2D eigenvalue weighted by molar-refractivity contribution is 0.514.